The Hall–Kier alpha value is -2.37. The average Bonchev–Trinajstić information content (AvgIpc) is 2.86. The molecule has 0 saturated heterocycles. The molecule has 2 N–H and O–H groups in total. The first-order valence-electron chi connectivity index (χ1n) is 6.55. The van der Waals surface area contributed by atoms with Gasteiger partial charge in [0.25, 0.3) is 5.91 Å². The molecule has 0 radical (unpaired) electrons. The number of nitrogens with one attached hydrogen (secondary N) is 2. The van der Waals surface area contributed by atoms with Crippen molar-refractivity contribution in [2.45, 2.75) is 33.3 Å². The molecule has 6 heteroatoms. The lowest BCUT2D eigenvalue weighted by Gasteiger charge is -2.13. The molecule has 0 fully saturated rings. The van der Waals surface area contributed by atoms with E-state index >= 15 is 0 Å². The molecule has 1 unspecified atom stereocenters. The van der Waals surface area contributed by atoms with Crippen LogP contribution in [0, 0.1) is 6.92 Å². The summed E-state index contributed by atoms with van der Waals surface area (Å²) >= 11 is 0. The molecule has 0 spiro atoms. The Morgan fingerprint density at radius 1 is 1.50 bits per heavy atom. The van der Waals surface area contributed by atoms with Crippen molar-refractivity contribution in [2.24, 2.45) is 0 Å². The molecular weight excluding hydrogens is 256 g/mol. The van der Waals surface area contributed by atoms with Crippen LogP contribution < -0.4 is 10.1 Å². The fourth-order valence-corrected chi connectivity index (χ4v) is 1.59. The van der Waals surface area contributed by atoms with Gasteiger partial charge >= 0.3 is 0 Å². The number of carbonyl (C=O) groups excluding carboxylic acids is 1. The van der Waals surface area contributed by atoms with E-state index in [9.17, 15) is 4.79 Å². The lowest BCUT2D eigenvalue weighted by molar-refractivity contribution is 0.101. The maximum absolute atomic E-state index is 11.9. The average molecular weight is 274 g/mol. The fourth-order valence-electron chi connectivity index (χ4n) is 1.59. The smallest absolute Gasteiger partial charge is 0.295 e. The topological polar surface area (TPSA) is 79.9 Å². The highest BCUT2D eigenvalue weighted by molar-refractivity contribution is 6.01. The molecule has 1 heterocycles. The summed E-state index contributed by atoms with van der Waals surface area (Å²) in [5.74, 6) is 1.10. The molecular formula is C14H18N4O2. The molecule has 0 aliphatic rings. The van der Waals surface area contributed by atoms with Crippen molar-refractivity contribution in [1.29, 1.82) is 0 Å². The summed E-state index contributed by atoms with van der Waals surface area (Å²) in [5, 5.41) is 9.19. The summed E-state index contributed by atoms with van der Waals surface area (Å²) < 4.78 is 5.71. The number of benzene rings is 1. The van der Waals surface area contributed by atoms with Gasteiger partial charge in [0.1, 0.15) is 11.6 Å². The Morgan fingerprint density at radius 3 is 2.95 bits per heavy atom. The van der Waals surface area contributed by atoms with Gasteiger partial charge in [-0.1, -0.05) is 13.0 Å². The lowest BCUT2D eigenvalue weighted by atomic mass is 10.2. The number of aromatic nitrogens is 3. The third-order valence-corrected chi connectivity index (χ3v) is 2.80. The van der Waals surface area contributed by atoms with Crippen LogP contribution in [-0.4, -0.2) is 27.2 Å². The van der Waals surface area contributed by atoms with Crippen LogP contribution in [-0.2, 0) is 0 Å². The number of anilines is 1. The monoisotopic (exact) mass is 274 g/mol. The van der Waals surface area contributed by atoms with E-state index in [0.717, 1.165) is 12.2 Å². The molecule has 1 aromatic carbocycles. The number of aromatic amines is 1. The second kappa shape index (κ2) is 6.18. The second-order valence-corrected chi connectivity index (χ2v) is 4.56. The van der Waals surface area contributed by atoms with Crippen LogP contribution >= 0.6 is 0 Å². The van der Waals surface area contributed by atoms with Crippen LogP contribution in [0.1, 0.15) is 36.7 Å². The number of hydrogen-bond donors (Lipinski definition) is 2. The van der Waals surface area contributed by atoms with Crippen molar-refractivity contribution in [3.8, 4) is 5.75 Å². The summed E-state index contributed by atoms with van der Waals surface area (Å²) in [6.07, 6.45) is 1.06. The first kappa shape index (κ1) is 14.0. The summed E-state index contributed by atoms with van der Waals surface area (Å²) in [7, 11) is 0. The quantitative estimate of drug-likeness (QED) is 0.878. The van der Waals surface area contributed by atoms with Gasteiger partial charge in [-0.05, 0) is 32.4 Å². The molecule has 1 amide bonds. The zero-order chi connectivity index (χ0) is 14.5. The number of aryl methyl sites for hydroxylation is 1. The number of carbonyl (C=O) groups is 1. The number of ether oxygens (including phenoxy) is 1. The first-order valence-corrected chi connectivity index (χ1v) is 6.55. The van der Waals surface area contributed by atoms with Gasteiger partial charge < -0.3 is 10.1 Å². The SMILES string of the molecule is CCC(C)Oc1cccc(NC(=O)c2n[nH]c(C)n2)c1. The number of hydrogen-bond acceptors (Lipinski definition) is 4. The Labute approximate surface area is 117 Å². The van der Waals surface area contributed by atoms with E-state index in [-0.39, 0.29) is 17.8 Å². The van der Waals surface area contributed by atoms with Crippen molar-refractivity contribution in [2.75, 3.05) is 5.32 Å². The summed E-state index contributed by atoms with van der Waals surface area (Å²) in [5.41, 5.74) is 0.651. The van der Waals surface area contributed by atoms with Crippen LogP contribution in [0.15, 0.2) is 24.3 Å². The second-order valence-electron chi connectivity index (χ2n) is 4.56. The number of rotatable bonds is 5. The van der Waals surface area contributed by atoms with Crippen molar-refractivity contribution in [3.05, 3.63) is 35.9 Å². The Balaban J connectivity index is 2.06. The van der Waals surface area contributed by atoms with E-state index in [1.54, 1.807) is 19.1 Å². The first-order chi connectivity index (χ1) is 9.58. The molecule has 1 aromatic heterocycles. The van der Waals surface area contributed by atoms with Crippen LogP contribution in [0.3, 0.4) is 0 Å². The van der Waals surface area contributed by atoms with Crippen LogP contribution in [0.4, 0.5) is 5.69 Å². The Kier molecular flexibility index (Phi) is 4.34. The van der Waals surface area contributed by atoms with Gasteiger partial charge in [-0.3, -0.25) is 9.89 Å². The molecule has 0 bridgehead atoms. The Morgan fingerprint density at radius 2 is 2.30 bits per heavy atom. The van der Waals surface area contributed by atoms with Gasteiger partial charge in [-0.15, -0.1) is 5.10 Å². The molecule has 0 aliphatic heterocycles. The third-order valence-electron chi connectivity index (χ3n) is 2.80. The van der Waals surface area contributed by atoms with Gasteiger partial charge in [0.15, 0.2) is 0 Å². The number of amides is 1. The van der Waals surface area contributed by atoms with Crippen LogP contribution in [0.5, 0.6) is 5.75 Å². The number of H-pyrrole nitrogens is 1. The number of nitrogens with zero attached hydrogens (tertiary/aromatic N) is 2. The van der Waals surface area contributed by atoms with Gasteiger partial charge in [-0.25, -0.2) is 4.98 Å². The maximum Gasteiger partial charge on any atom is 0.295 e. The van der Waals surface area contributed by atoms with Crippen molar-refractivity contribution >= 4 is 11.6 Å². The lowest BCUT2D eigenvalue weighted by Crippen LogP contribution is -2.14. The van der Waals surface area contributed by atoms with E-state index in [2.05, 4.69) is 27.4 Å². The van der Waals surface area contributed by atoms with E-state index in [4.69, 9.17) is 4.74 Å². The summed E-state index contributed by atoms with van der Waals surface area (Å²) in [6.45, 7) is 5.80. The molecule has 6 nitrogen and oxygen atoms in total. The van der Waals surface area contributed by atoms with Crippen LogP contribution in [0.2, 0.25) is 0 Å². The largest absolute Gasteiger partial charge is 0.491 e. The standard InChI is InChI=1S/C14H18N4O2/c1-4-9(2)20-12-7-5-6-11(8-12)16-14(19)13-15-10(3)17-18-13/h5-9H,4H2,1-3H3,(H,16,19)(H,15,17,18). The predicted molar refractivity (Wildman–Crippen MR) is 75.9 cm³/mol. The van der Waals surface area contributed by atoms with Crippen molar-refractivity contribution in [1.82, 2.24) is 15.2 Å². The molecule has 2 rings (SSSR count). The fraction of sp³-hybridized carbons (Fsp3) is 0.357. The molecule has 106 valence electrons. The van der Waals surface area contributed by atoms with Gasteiger partial charge in [-0.2, -0.15) is 0 Å². The minimum atomic E-state index is -0.352. The summed E-state index contributed by atoms with van der Waals surface area (Å²) in [6, 6.07) is 7.26. The van der Waals surface area contributed by atoms with Gasteiger partial charge in [0.05, 0.1) is 6.10 Å². The van der Waals surface area contributed by atoms with Crippen molar-refractivity contribution in [3.63, 3.8) is 0 Å². The van der Waals surface area contributed by atoms with E-state index in [0.29, 0.717) is 11.5 Å². The zero-order valence-electron chi connectivity index (χ0n) is 11.8. The van der Waals surface area contributed by atoms with E-state index < -0.39 is 0 Å². The zero-order valence-corrected chi connectivity index (χ0v) is 11.8. The van der Waals surface area contributed by atoms with Crippen LogP contribution in [0.25, 0.3) is 0 Å². The highest BCUT2D eigenvalue weighted by atomic mass is 16.5. The molecule has 20 heavy (non-hydrogen) atoms. The minimum Gasteiger partial charge on any atom is -0.491 e. The highest BCUT2D eigenvalue weighted by Crippen LogP contribution is 2.19. The Bertz CT molecular complexity index is 594. The molecule has 2 aromatic rings. The van der Waals surface area contributed by atoms with Gasteiger partial charge in [0.2, 0.25) is 5.82 Å². The molecule has 1 atom stereocenters. The molecule has 0 saturated carbocycles. The van der Waals surface area contributed by atoms with E-state index in [1.807, 2.05) is 19.1 Å². The summed E-state index contributed by atoms with van der Waals surface area (Å²) in [4.78, 5) is 15.9. The maximum atomic E-state index is 11.9. The van der Waals surface area contributed by atoms with E-state index in [1.165, 1.54) is 0 Å². The predicted octanol–water partition coefficient (Wildman–Crippen LogP) is 2.54. The van der Waals surface area contributed by atoms with Gasteiger partial charge in [0, 0.05) is 11.8 Å². The normalized spacial score (nSPS) is 11.9. The van der Waals surface area contributed by atoms with Crippen molar-refractivity contribution < 1.29 is 9.53 Å². The highest BCUT2D eigenvalue weighted by Gasteiger charge is 2.11. The molecule has 0 aliphatic carbocycles. The minimum absolute atomic E-state index is 0.121. The third kappa shape index (κ3) is 3.57.